The molecule has 0 unspecified atom stereocenters. The predicted molar refractivity (Wildman–Crippen MR) is 33.2 cm³/mol. The van der Waals surface area contributed by atoms with E-state index in [0.29, 0.717) is 12.2 Å². The summed E-state index contributed by atoms with van der Waals surface area (Å²) in [6.45, 7) is 0. The lowest BCUT2D eigenvalue weighted by Gasteiger charge is -1.74. The quantitative estimate of drug-likeness (QED) is 0.291. The maximum absolute atomic E-state index is 9.55. The zero-order valence-corrected chi connectivity index (χ0v) is 5.58. The van der Waals surface area contributed by atoms with Gasteiger partial charge in [0.25, 0.3) is 5.09 Å². The second-order valence-corrected chi connectivity index (χ2v) is 1.25. The van der Waals surface area contributed by atoms with Crippen molar-refractivity contribution in [3.63, 3.8) is 0 Å². The molecule has 0 aliphatic heterocycles. The Hall–Kier alpha value is -2.12. The molecule has 0 spiro atoms. The lowest BCUT2D eigenvalue weighted by atomic mass is 10.5. The minimum atomic E-state index is -1.50. The van der Waals surface area contributed by atoms with Gasteiger partial charge in [0, 0.05) is 12.2 Å². The van der Waals surface area contributed by atoms with Crippen molar-refractivity contribution in [1.82, 2.24) is 0 Å². The van der Waals surface area contributed by atoms with E-state index in [2.05, 4.69) is 0 Å². The van der Waals surface area contributed by atoms with Crippen LogP contribution in [0.5, 0.6) is 0 Å². The van der Waals surface area contributed by atoms with Crippen molar-refractivity contribution < 1.29 is 30.1 Å². The molecule has 0 heterocycles. The molecule has 0 aliphatic rings. The third kappa shape index (κ3) is 45.0. The molecule has 0 saturated heterocycles. The highest BCUT2D eigenvalue weighted by molar-refractivity contribution is 5.89. The van der Waals surface area contributed by atoms with Gasteiger partial charge < -0.3 is 15.4 Å². The van der Waals surface area contributed by atoms with Gasteiger partial charge in [-0.1, -0.05) is 0 Å². The van der Waals surface area contributed by atoms with Crippen molar-refractivity contribution in [2.75, 3.05) is 0 Å². The first-order valence-corrected chi connectivity index (χ1v) is 2.33. The van der Waals surface area contributed by atoms with Gasteiger partial charge in [0.2, 0.25) is 0 Å². The largest absolute Gasteiger partial charge is 0.478 e. The van der Waals surface area contributed by atoms with Crippen molar-refractivity contribution in [1.29, 1.82) is 0 Å². The van der Waals surface area contributed by atoms with Crippen LogP contribution in [0.1, 0.15) is 0 Å². The SMILES string of the molecule is O=C(O)C=CC(=O)O.O=[N+]([O-])O. The van der Waals surface area contributed by atoms with Crippen LogP contribution < -0.4 is 0 Å². The molecule has 8 heteroatoms. The number of rotatable bonds is 2. The van der Waals surface area contributed by atoms with Crippen LogP contribution in [0, 0.1) is 10.1 Å². The van der Waals surface area contributed by atoms with Gasteiger partial charge >= 0.3 is 11.9 Å². The summed E-state index contributed by atoms with van der Waals surface area (Å²) in [5, 5.41) is 29.3. The third-order valence-corrected chi connectivity index (χ3v) is 0.368. The molecule has 0 aromatic rings. The van der Waals surface area contributed by atoms with Gasteiger partial charge in [0.15, 0.2) is 0 Å². The van der Waals surface area contributed by atoms with Crippen molar-refractivity contribution in [3.8, 4) is 0 Å². The molecule has 0 aromatic carbocycles. The minimum absolute atomic E-state index is 0.558. The zero-order valence-electron chi connectivity index (χ0n) is 5.58. The van der Waals surface area contributed by atoms with Crippen LogP contribution >= 0.6 is 0 Å². The average Bonchev–Trinajstić information content (AvgIpc) is 1.82. The monoisotopic (exact) mass is 179 g/mol. The minimum Gasteiger partial charge on any atom is -0.478 e. The second kappa shape index (κ2) is 6.99. The van der Waals surface area contributed by atoms with Crippen molar-refractivity contribution in [2.45, 2.75) is 0 Å². The maximum atomic E-state index is 9.55. The fraction of sp³-hybridized carbons (Fsp3) is 0. The lowest BCUT2D eigenvalue weighted by molar-refractivity contribution is -0.742. The summed E-state index contributed by atoms with van der Waals surface area (Å²) >= 11 is 0. The lowest BCUT2D eigenvalue weighted by Crippen LogP contribution is -1.91. The third-order valence-electron chi connectivity index (χ3n) is 0.368. The summed E-state index contributed by atoms with van der Waals surface area (Å²) in [5.41, 5.74) is 0. The first-order chi connectivity index (χ1) is 5.36. The van der Waals surface area contributed by atoms with Gasteiger partial charge in [-0.25, -0.2) is 9.59 Å². The first-order valence-electron chi connectivity index (χ1n) is 2.33. The molecule has 0 amide bonds. The topological polar surface area (TPSA) is 138 Å². The Morgan fingerprint density at radius 2 is 1.33 bits per heavy atom. The molecule has 12 heavy (non-hydrogen) atoms. The second-order valence-electron chi connectivity index (χ2n) is 1.25. The first kappa shape index (κ1) is 12.5. The Balaban J connectivity index is 0. The Kier molecular flexibility index (Phi) is 7.31. The van der Waals surface area contributed by atoms with Gasteiger partial charge in [-0.05, 0) is 0 Å². The van der Waals surface area contributed by atoms with Crippen LogP contribution in [0.15, 0.2) is 12.2 Å². The average molecular weight is 179 g/mol. The van der Waals surface area contributed by atoms with Gasteiger partial charge in [0.05, 0.1) is 0 Å². The fourth-order valence-corrected chi connectivity index (χ4v) is 0.143. The number of nitrogens with zero attached hydrogens (tertiary/aromatic N) is 1. The maximum Gasteiger partial charge on any atom is 0.328 e. The molecular weight excluding hydrogens is 174 g/mol. The van der Waals surface area contributed by atoms with E-state index in [4.69, 9.17) is 25.5 Å². The van der Waals surface area contributed by atoms with Gasteiger partial charge in [-0.3, -0.25) is 0 Å². The van der Waals surface area contributed by atoms with Crippen molar-refractivity contribution in [2.24, 2.45) is 0 Å². The molecule has 0 radical (unpaired) electrons. The van der Waals surface area contributed by atoms with E-state index in [0.717, 1.165) is 0 Å². The highest BCUT2D eigenvalue weighted by atomic mass is 16.9. The summed E-state index contributed by atoms with van der Waals surface area (Å²) in [6.07, 6.45) is 1.12. The summed E-state index contributed by atoms with van der Waals surface area (Å²) in [4.78, 5) is 27.5. The smallest absolute Gasteiger partial charge is 0.328 e. The number of carboxylic acid groups (broad SMARTS) is 2. The molecule has 0 bridgehead atoms. The van der Waals surface area contributed by atoms with E-state index in [1.807, 2.05) is 0 Å². The molecule has 0 atom stereocenters. The van der Waals surface area contributed by atoms with E-state index in [-0.39, 0.29) is 0 Å². The van der Waals surface area contributed by atoms with E-state index >= 15 is 0 Å². The van der Waals surface area contributed by atoms with Gasteiger partial charge in [-0.15, -0.1) is 10.1 Å². The summed E-state index contributed by atoms with van der Waals surface area (Å²) in [7, 11) is 0. The number of aliphatic carboxylic acids is 2. The normalized spacial score (nSPS) is 8.33. The highest BCUT2D eigenvalue weighted by Gasteiger charge is 1.88. The van der Waals surface area contributed by atoms with Crippen LogP contribution in [0.4, 0.5) is 0 Å². The number of hydrogen-bond acceptors (Lipinski definition) is 4. The van der Waals surface area contributed by atoms with Crippen LogP contribution in [0.3, 0.4) is 0 Å². The number of carboxylic acids is 2. The molecule has 0 aromatic heterocycles. The molecule has 8 nitrogen and oxygen atoms in total. The van der Waals surface area contributed by atoms with Crippen molar-refractivity contribution >= 4 is 11.9 Å². The number of hydrogen-bond donors (Lipinski definition) is 3. The molecule has 0 fully saturated rings. The van der Waals surface area contributed by atoms with E-state index in [1.165, 1.54) is 0 Å². The Labute approximate surface area is 65.5 Å². The van der Waals surface area contributed by atoms with E-state index in [1.54, 1.807) is 0 Å². The Bertz CT molecular complexity index is 187. The standard InChI is InChI=1S/C4H4O4.HNO3/c5-3(6)1-2-4(7)8;2-1(3)4/h1-2H,(H,5,6)(H,7,8);(H,2,3,4). The highest BCUT2D eigenvalue weighted by Crippen LogP contribution is 1.70. The van der Waals surface area contributed by atoms with Gasteiger partial charge in [0.1, 0.15) is 0 Å². The molecular formula is C4H5NO7. The Morgan fingerprint density at radius 1 is 1.17 bits per heavy atom. The predicted octanol–water partition coefficient (Wildman–Crippen LogP) is -0.636. The van der Waals surface area contributed by atoms with Crippen LogP contribution in [0.25, 0.3) is 0 Å². The molecule has 0 saturated carbocycles. The summed E-state index contributed by atoms with van der Waals surface area (Å²) in [6, 6.07) is 0. The van der Waals surface area contributed by atoms with E-state index in [9.17, 15) is 9.59 Å². The van der Waals surface area contributed by atoms with Gasteiger partial charge in [-0.2, -0.15) is 0 Å². The van der Waals surface area contributed by atoms with Crippen LogP contribution in [-0.4, -0.2) is 32.4 Å². The van der Waals surface area contributed by atoms with Crippen LogP contribution in [0.2, 0.25) is 0 Å². The van der Waals surface area contributed by atoms with Crippen LogP contribution in [-0.2, 0) is 9.59 Å². The summed E-state index contributed by atoms with van der Waals surface area (Å²) < 4.78 is 0. The number of carbonyl (C=O) groups is 2. The Morgan fingerprint density at radius 3 is 1.42 bits per heavy atom. The molecule has 3 N–H and O–H groups in total. The summed E-state index contributed by atoms with van der Waals surface area (Å²) in [5.74, 6) is -2.51. The fourth-order valence-electron chi connectivity index (χ4n) is 0.143. The van der Waals surface area contributed by atoms with E-state index < -0.39 is 17.0 Å². The molecule has 0 aliphatic carbocycles. The molecule has 0 rings (SSSR count). The van der Waals surface area contributed by atoms with Crippen molar-refractivity contribution in [3.05, 3.63) is 22.3 Å². The molecule has 68 valence electrons. The zero-order chi connectivity index (χ0) is 10.1.